The Bertz CT molecular complexity index is 916. The van der Waals surface area contributed by atoms with E-state index in [0.717, 1.165) is 77.0 Å². The van der Waals surface area contributed by atoms with Gasteiger partial charge in [0.2, 0.25) is 0 Å². The number of aliphatic hydroxyl groups excluding tert-OH is 1. The third-order valence-corrected chi connectivity index (χ3v) is 10.3. The van der Waals surface area contributed by atoms with E-state index in [1.54, 1.807) is 0 Å². The Morgan fingerprint density at radius 3 is 1.50 bits per heavy atom. The zero-order valence-corrected chi connectivity index (χ0v) is 36.7. The molecule has 0 rings (SSSR count). The summed E-state index contributed by atoms with van der Waals surface area (Å²) in [6.07, 6.45) is 42.8. The van der Waals surface area contributed by atoms with Crippen LogP contribution < -0.4 is 0 Å². The number of rotatable bonds is 42. The summed E-state index contributed by atoms with van der Waals surface area (Å²) in [6.45, 7) is 6.67. The standard InChI is InChI=1S/C48H88O8/c1-4-7-10-13-16-17-18-19-20-21-22-23-24-25-30-35-40-53-48(52)55-43-44(41-49)42-54-46(50)38-33-28-29-34-39-47(51)56-45(36-31-26-14-11-8-5-2)37-32-27-15-12-9-6-3/h16-17,19-20,44-45,49H,4-15,18,21-43H2,1-3H3/b17-16-,20-19-. The summed E-state index contributed by atoms with van der Waals surface area (Å²) in [5.74, 6) is -0.926. The van der Waals surface area contributed by atoms with Gasteiger partial charge in [-0.2, -0.15) is 0 Å². The minimum Gasteiger partial charge on any atom is -0.465 e. The van der Waals surface area contributed by atoms with Gasteiger partial charge in [-0.05, 0) is 77.0 Å². The first-order valence-corrected chi connectivity index (χ1v) is 23.5. The van der Waals surface area contributed by atoms with Crippen molar-refractivity contribution in [1.82, 2.24) is 0 Å². The average molecular weight is 793 g/mol. The molecule has 0 spiro atoms. The summed E-state index contributed by atoms with van der Waals surface area (Å²) in [5, 5.41) is 9.65. The van der Waals surface area contributed by atoms with E-state index in [4.69, 9.17) is 18.9 Å². The van der Waals surface area contributed by atoms with Crippen molar-refractivity contribution in [2.75, 3.05) is 26.4 Å². The summed E-state index contributed by atoms with van der Waals surface area (Å²) in [4.78, 5) is 36.9. The SMILES string of the molecule is CCCCC/C=C\C/C=C\CCCCCCCCOC(=O)OCC(CO)COC(=O)CCCCCCC(=O)OC(CCCCCCCC)CCCCCCCC. The fourth-order valence-electron chi connectivity index (χ4n) is 6.61. The molecule has 56 heavy (non-hydrogen) atoms. The minimum absolute atomic E-state index is 0.0148. The molecule has 0 fully saturated rings. The van der Waals surface area contributed by atoms with Gasteiger partial charge in [0.15, 0.2) is 0 Å². The topological polar surface area (TPSA) is 108 Å². The third-order valence-electron chi connectivity index (χ3n) is 10.3. The molecular formula is C48H88O8. The van der Waals surface area contributed by atoms with Crippen LogP contribution in [0.5, 0.6) is 0 Å². The van der Waals surface area contributed by atoms with Gasteiger partial charge in [0.25, 0.3) is 0 Å². The monoisotopic (exact) mass is 793 g/mol. The van der Waals surface area contributed by atoms with E-state index in [1.165, 1.54) is 109 Å². The van der Waals surface area contributed by atoms with Crippen LogP contribution in [0.1, 0.15) is 226 Å². The second kappa shape index (κ2) is 43.8. The molecular weight excluding hydrogens is 705 g/mol. The summed E-state index contributed by atoms with van der Waals surface area (Å²) in [7, 11) is 0. The molecule has 0 aliphatic carbocycles. The molecule has 0 aromatic carbocycles. The number of ether oxygens (including phenoxy) is 4. The first kappa shape index (κ1) is 53.6. The van der Waals surface area contributed by atoms with E-state index >= 15 is 0 Å². The fourth-order valence-corrected chi connectivity index (χ4v) is 6.61. The molecule has 1 unspecified atom stereocenters. The van der Waals surface area contributed by atoms with Gasteiger partial charge >= 0.3 is 18.1 Å². The van der Waals surface area contributed by atoms with Gasteiger partial charge in [0.05, 0.1) is 25.7 Å². The number of esters is 2. The average Bonchev–Trinajstić information content (AvgIpc) is 3.19. The molecule has 0 bridgehead atoms. The number of carbonyl (C=O) groups is 3. The van der Waals surface area contributed by atoms with Crippen LogP contribution in [-0.4, -0.2) is 55.7 Å². The lowest BCUT2D eigenvalue weighted by Gasteiger charge is -2.18. The second-order valence-corrected chi connectivity index (χ2v) is 15.9. The molecule has 8 heteroatoms. The van der Waals surface area contributed by atoms with Gasteiger partial charge < -0.3 is 24.1 Å². The zero-order valence-electron chi connectivity index (χ0n) is 36.7. The van der Waals surface area contributed by atoms with Crippen LogP contribution in [0.15, 0.2) is 24.3 Å². The Labute approximate surface area is 344 Å². The highest BCUT2D eigenvalue weighted by Crippen LogP contribution is 2.18. The molecule has 0 saturated heterocycles. The molecule has 0 aromatic rings. The zero-order chi connectivity index (χ0) is 41.0. The summed E-state index contributed by atoms with van der Waals surface area (Å²) in [6, 6.07) is 0. The van der Waals surface area contributed by atoms with Crippen molar-refractivity contribution in [3.63, 3.8) is 0 Å². The van der Waals surface area contributed by atoms with E-state index in [1.807, 2.05) is 0 Å². The first-order valence-electron chi connectivity index (χ1n) is 23.5. The Morgan fingerprint density at radius 2 is 0.929 bits per heavy atom. The molecule has 1 atom stereocenters. The molecule has 0 heterocycles. The third kappa shape index (κ3) is 39.9. The molecule has 8 nitrogen and oxygen atoms in total. The highest BCUT2D eigenvalue weighted by Gasteiger charge is 2.16. The van der Waals surface area contributed by atoms with Crippen molar-refractivity contribution < 1.29 is 38.4 Å². The minimum atomic E-state index is -0.757. The Kier molecular flexibility index (Phi) is 41.9. The van der Waals surface area contributed by atoms with Gasteiger partial charge in [-0.25, -0.2) is 4.79 Å². The van der Waals surface area contributed by atoms with E-state index in [2.05, 4.69) is 45.1 Å². The number of aliphatic hydroxyl groups is 1. The molecule has 0 aliphatic rings. The van der Waals surface area contributed by atoms with Crippen LogP contribution in [0.2, 0.25) is 0 Å². The van der Waals surface area contributed by atoms with Gasteiger partial charge in [0.1, 0.15) is 12.7 Å². The Hall–Kier alpha value is -2.35. The predicted octanol–water partition coefficient (Wildman–Crippen LogP) is 13.9. The van der Waals surface area contributed by atoms with Crippen LogP contribution in [-0.2, 0) is 28.5 Å². The van der Waals surface area contributed by atoms with Crippen molar-refractivity contribution in [1.29, 1.82) is 0 Å². The van der Waals surface area contributed by atoms with Crippen molar-refractivity contribution >= 4 is 18.1 Å². The number of carbonyl (C=O) groups excluding carboxylic acids is 3. The lowest BCUT2D eigenvalue weighted by Crippen LogP contribution is -2.24. The van der Waals surface area contributed by atoms with Crippen LogP contribution in [0.3, 0.4) is 0 Å². The molecule has 0 radical (unpaired) electrons. The maximum absolute atomic E-state index is 12.6. The molecule has 0 aromatic heterocycles. The lowest BCUT2D eigenvalue weighted by atomic mass is 10.0. The summed E-state index contributed by atoms with van der Waals surface area (Å²) < 4.78 is 21.6. The fraction of sp³-hybridized carbons (Fsp3) is 0.854. The highest BCUT2D eigenvalue weighted by atomic mass is 16.7. The van der Waals surface area contributed by atoms with Crippen molar-refractivity contribution in [2.45, 2.75) is 232 Å². The largest absolute Gasteiger partial charge is 0.508 e. The van der Waals surface area contributed by atoms with Gasteiger partial charge in [-0.1, -0.05) is 161 Å². The summed E-state index contributed by atoms with van der Waals surface area (Å²) in [5.41, 5.74) is 0. The van der Waals surface area contributed by atoms with Crippen molar-refractivity contribution in [3.05, 3.63) is 24.3 Å². The maximum atomic E-state index is 12.6. The smallest absolute Gasteiger partial charge is 0.465 e. The number of hydrogen-bond acceptors (Lipinski definition) is 8. The Morgan fingerprint density at radius 1 is 0.482 bits per heavy atom. The number of unbranched alkanes of at least 4 members (excludes halogenated alkanes) is 22. The van der Waals surface area contributed by atoms with Crippen LogP contribution >= 0.6 is 0 Å². The first-order chi connectivity index (χ1) is 27.5. The van der Waals surface area contributed by atoms with Crippen molar-refractivity contribution in [2.24, 2.45) is 5.92 Å². The van der Waals surface area contributed by atoms with Crippen LogP contribution in [0.4, 0.5) is 4.79 Å². The van der Waals surface area contributed by atoms with Gasteiger partial charge in [-0.15, -0.1) is 0 Å². The Balaban J connectivity index is 3.93. The quantitative estimate of drug-likeness (QED) is 0.0282. The normalized spacial score (nSPS) is 12.2. The van der Waals surface area contributed by atoms with Gasteiger partial charge in [-0.3, -0.25) is 9.59 Å². The lowest BCUT2D eigenvalue weighted by molar-refractivity contribution is -0.150. The van der Waals surface area contributed by atoms with Crippen molar-refractivity contribution in [3.8, 4) is 0 Å². The molecule has 1 N–H and O–H groups in total. The van der Waals surface area contributed by atoms with Crippen LogP contribution in [0.25, 0.3) is 0 Å². The van der Waals surface area contributed by atoms with Crippen LogP contribution in [0, 0.1) is 5.92 Å². The maximum Gasteiger partial charge on any atom is 0.508 e. The molecule has 328 valence electrons. The van der Waals surface area contributed by atoms with E-state index in [9.17, 15) is 19.5 Å². The van der Waals surface area contributed by atoms with Gasteiger partial charge in [0, 0.05) is 12.8 Å². The van der Waals surface area contributed by atoms with E-state index < -0.39 is 12.1 Å². The molecule has 0 aliphatic heterocycles. The highest BCUT2D eigenvalue weighted by molar-refractivity contribution is 5.69. The predicted molar refractivity (Wildman–Crippen MR) is 232 cm³/mol. The number of allylic oxidation sites excluding steroid dienone is 4. The summed E-state index contributed by atoms with van der Waals surface area (Å²) >= 11 is 0. The second-order valence-electron chi connectivity index (χ2n) is 15.9. The molecule has 0 amide bonds. The number of hydrogen-bond donors (Lipinski definition) is 1. The van der Waals surface area contributed by atoms with E-state index in [0.29, 0.717) is 19.4 Å². The van der Waals surface area contributed by atoms with E-state index in [-0.39, 0.29) is 44.3 Å². The molecule has 0 saturated carbocycles.